The lowest BCUT2D eigenvalue weighted by Gasteiger charge is -2.19. The molecule has 1 aliphatic heterocycles. The van der Waals surface area contributed by atoms with Gasteiger partial charge in [0.1, 0.15) is 10.9 Å². The van der Waals surface area contributed by atoms with Gasteiger partial charge in [0.15, 0.2) is 0 Å². The molecule has 0 aromatic carbocycles. The monoisotopic (exact) mass is 273 g/mol. The molecule has 1 amide bonds. The van der Waals surface area contributed by atoms with Crippen LogP contribution in [0.3, 0.4) is 0 Å². The number of aryl methyl sites for hydroxylation is 1. The van der Waals surface area contributed by atoms with E-state index in [0.717, 1.165) is 11.5 Å². The first-order chi connectivity index (χ1) is 8.15. The largest absolute Gasteiger partial charge is 0.480 e. The second kappa shape index (κ2) is 5.01. The van der Waals surface area contributed by atoms with Crippen LogP contribution in [0.15, 0.2) is 0 Å². The third kappa shape index (κ3) is 2.27. The summed E-state index contributed by atoms with van der Waals surface area (Å²) in [6.45, 7) is 1.89. The minimum atomic E-state index is -0.959. The number of rotatable bonds is 3. The highest BCUT2D eigenvalue weighted by molar-refractivity contribution is 7.99. The molecule has 1 fully saturated rings. The van der Waals surface area contributed by atoms with E-state index in [4.69, 9.17) is 5.11 Å². The highest BCUT2D eigenvalue weighted by Gasteiger charge is 2.36. The fraction of sp³-hybridized carbons (Fsp3) is 0.556. The Bertz CT molecular complexity index is 448. The first-order valence-corrected chi connectivity index (χ1v) is 7.00. The van der Waals surface area contributed by atoms with E-state index in [0.29, 0.717) is 28.6 Å². The molecule has 0 unspecified atom stereocenters. The van der Waals surface area contributed by atoms with E-state index in [1.54, 1.807) is 0 Å². The maximum absolute atomic E-state index is 12.2. The van der Waals surface area contributed by atoms with Gasteiger partial charge >= 0.3 is 5.97 Å². The normalized spacial score (nSPS) is 19.6. The van der Waals surface area contributed by atoms with Gasteiger partial charge in [-0.3, -0.25) is 4.79 Å². The topological polar surface area (TPSA) is 83.4 Å². The van der Waals surface area contributed by atoms with Crippen molar-refractivity contribution in [3.8, 4) is 0 Å². The summed E-state index contributed by atoms with van der Waals surface area (Å²) in [6, 6.07) is -0.737. The van der Waals surface area contributed by atoms with Crippen molar-refractivity contribution in [2.45, 2.75) is 19.4 Å². The van der Waals surface area contributed by atoms with Crippen LogP contribution in [0.4, 0.5) is 0 Å². The van der Waals surface area contributed by atoms with Gasteiger partial charge in [-0.1, -0.05) is 11.4 Å². The Hall–Kier alpha value is -1.15. The van der Waals surface area contributed by atoms with Crippen molar-refractivity contribution in [3.05, 3.63) is 10.6 Å². The molecule has 2 rings (SSSR count). The highest BCUT2D eigenvalue weighted by atomic mass is 32.2. The van der Waals surface area contributed by atoms with E-state index in [-0.39, 0.29) is 5.91 Å². The van der Waals surface area contributed by atoms with Crippen molar-refractivity contribution in [2.75, 3.05) is 11.6 Å². The maximum atomic E-state index is 12.2. The predicted octanol–water partition coefficient (Wildman–Crippen LogP) is 0.700. The minimum absolute atomic E-state index is 0.269. The molecule has 0 spiro atoms. The van der Waals surface area contributed by atoms with Crippen molar-refractivity contribution >= 4 is 35.2 Å². The van der Waals surface area contributed by atoms with Crippen LogP contribution in [-0.2, 0) is 11.2 Å². The summed E-state index contributed by atoms with van der Waals surface area (Å²) in [5.41, 5.74) is 0.640. The van der Waals surface area contributed by atoms with Crippen LogP contribution in [-0.4, -0.2) is 49.1 Å². The SMILES string of the molecule is CCc1nnsc1C(=O)N1CSC[C@H]1C(=O)O. The van der Waals surface area contributed by atoms with Gasteiger partial charge in [0.2, 0.25) is 0 Å². The second-order valence-electron chi connectivity index (χ2n) is 3.53. The van der Waals surface area contributed by atoms with Crippen LogP contribution in [0.2, 0.25) is 0 Å². The first-order valence-electron chi connectivity index (χ1n) is 5.08. The molecule has 1 aromatic rings. The Kier molecular flexibility index (Phi) is 3.63. The van der Waals surface area contributed by atoms with E-state index in [1.807, 2.05) is 6.92 Å². The van der Waals surface area contributed by atoms with Crippen molar-refractivity contribution in [1.29, 1.82) is 0 Å². The lowest BCUT2D eigenvalue weighted by atomic mass is 10.2. The minimum Gasteiger partial charge on any atom is -0.480 e. The van der Waals surface area contributed by atoms with Crippen molar-refractivity contribution in [2.24, 2.45) is 0 Å². The van der Waals surface area contributed by atoms with Crippen LogP contribution in [0, 0.1) is 0 Å². The van der Waals surface area contributed by atoms with Crippen molar-refractivity contribution < 1.29 is 14.7 Å². The van der Waals surface area contributed by atoms with Crippen molar-refractivity contribution in [1.82, 2.24) is 14.5 Å². The number of aromatic nitrogens is 2. The zero-order valence-corrected chi connectivity index (χ0v) is 10.8. The molecular formula is C9H11N3O3S2. The molecule has 1 saturated heterocycles. The summed E-state index contributed by atoms with van der Waals surface area (Å²) < 4.78 is 3.75. The summed E-state index contributed by atoms with van der Waals surface area (Å²) in [6.07, 6.45) is 0.621. The number of carboxylic acid groups (broad SMARTS) is 1. The van der Waals surface area contributed by atoms with Gasteiger partial charge in [-0.15, -0.1) is 16.9 Å². The summed E-state index contributed by atoms with van der Waals surface area (Å²) in [4.78, 5) is 25.0. The maximum Gasteiger partial charge on any atom is 0.327 e. The molecule has 17 heavy (non-hydrogen) atoms. The van der Waals surface area contributed by atoms with E-state index < -0.39 is 12.0 Å². The zero-order valence-electron chi connectivity index (χ0n) is 9.12. The number of amides is 1. The Labute approximate surface area is 106 Å². The number of carbonyl (C=O) groups excluding carboxylic acids is 1. The molecule has 1 N–H and O–H groups in total. The molecular weight excluding hydrogens is 262 g/mol. The van der Waals surface area contributed by atoms with Gasteiger partial charge < -0.3 is 10.0 Å². The average Bonchev–Trinajstić information content (AvgIpc) is 2.96. The molecule has 2 heterocycles. The number of aliphatic carboxylic acids is 1. The van der Waals surface area contributed by atoms with Gasteiger partial charge in [-0.2, -0.15) is 0 Å². The Morgan fingerprint density at radius 1 is 1.59 bits per heavy atom. The fourth-order valence-corrected chi connectivity index (χ4v) is 3.43. The van der Waals surface area contributed by atoms with Gasteiger partial charge in [0, 0.05) is 5.75 Å². The first kappa shape index (κ1) is 12.3. The Morgan fingerprint density at radius 3 is 3.00 bits per heavy atom. The highest BCUT2D eigenvalue weighted by Crippen LogP contribution is 2.25. The molecule has 0 saturated carbocycles. The van der Waals surface area contributed by atoms with Gasteiger partial charge in [0.05, 0.1) is 11.6 Å². The van der Waals surface area contributed by atoms with Crippen LogP contribution in [0.1, 0.15) is 22.3 Å². The second-order valence-corrected chi connectivity index (χ2v) is 5.29. The van der Waals surface area contributed by atoms with Gasteiger partial charge in [-0.05, 0) is 18.0 Å². The molecule has 0 bridgehead atoms. The van der Waals surface area contributed by atoms with E-state index >= 15 is 0 Å². The number of thioether (sulfide) groups is 1. The standard InChI is InChI=1S/C9H11N3O3S2/c1-2-5-7(17-11-10-5)8(13)12-4-16-3-6(12)9(14)15/h6H,2-4H2,1H3,(H,14,15)/t6-/m0/s1. The molecule has 1 aliphatic rings. The molecule has 1 aromatic heterocycles. The van der Waals surface area contributed by atoms with Crippen molar-refractivity contribution in [3.63, 3.8) is 0 Å². The van der Waals surface area contributed by atoms with Crippen LogP contribution < -0.4 is 0 Å². The Balaban J connectivity index is 2.23. The molecule has 92 valence electrons. The van der Waals surface area contributed by atoms with Crippen LogP contribution in [0.25, 0.3) is 0 Å². The number of nitrogens with zero attached hydrogens (tertiary/aromatic N) is 3. The predicted molar refractivity (Wildman–Crippen MR) is 64.2 cm³/mol. The third-order valence-electron chi connectivity index (χ3n) is 2.51. The number of carbonyl (C=O) groups is 2. The number of carboxylic acids is 1. The summed E-state index contributed by atoms with van der Waals surface area (Å²) in [7, 11) is 0. The molecule has 0 radical (unpaired) electrons. The van der Waals surface area contributed by atoms with Crippen LogP contribution >= 0.6 is 23.3 Å². The summed E-state index contributed by atoms with van der Waals surface area (Å²) in [5.74, 6) is -0.376. The molecule has 6 nitrogen and oxygen atoms in total. The lowest BCUT2D eigenvalue weighted by molar-refractivity contribution is -0.140. The Morgan fingerprint density at radius 2 is 2.35 bits per heavy atom. The molecule has 8 heteroatoms. The third-order valence-corrected chi connectivity index (χ3v) is 4.28. The summed E-state index contributed by atoms with van der Waals surface area (Å²) in [5, 5.41) is 12.9. The molecule has 0 aliphatic carbocycles. The number of hydrogen-bond acceptors (Lipinski definition) is 6. The van der Waals surface area contributed by atoms with Gasteiger partial charge in [0.25, 0.3) is 5.91 Å². The van der Waals surface area contributed by atoms with E-state index in [9.17, 15) is 9.59 Å². The van der Waals surface area contributed by atoms with Crippen LogP contribution in [0.5, 0.6) is 0 Å². The van der Waals surface area contributed by atoms with E-state index in [1.165, 1.54) is 16.7 Å². The quantitative estimate of drug-likeness (QED) is 0.873. The van der Waals surface area contributed by atoms with Gasteiger partial charge in [-0.25, -0.2) is 4.79 Å². The number of hydrogen-bond donors (Lipinski definition) is 1. The summed E-state index contributed by atoms with van der Waals surface area (Å²) >= 11 is 2.47. The fourth-order valence-electron chi connectivity index (χ4n) is 1.58. The zero-order chi connectivity index (χ0) is 12.4. The van der Waals surface area contributed by atoms with E-state index in [2.05, 4.69) is 9.59 Å². The smallest absolute Gasteiger partial charge is 0.327 e. The average molecular weight is 273 g/mol. The molecule has 1 atom stereocenters. The lowest BCUT2D eigenvalue weighted by Crippen LogP contribution is -2.41.